The van der Waals surface area contributed by atoms with Crippen LogP contribution in [0.5, 0.6) is 0 Å². The SMILES string of the molecule is O[C@@H]1CNC[C@H]1Cc1ccc2ccccc2n1. The molecule has 0 bridgehead atoms. The minimum atomic E-state index is -0.233. The molecule has 0 aliphatic carbocycles. The lowest BCUT2D eigenvalue weighted by atomic mass is 9.99. The molecular formula is C14H16N2O. The summed E-state index contributed by atoms with van der Waals surface area (Å²) in [6.45, 7) is 1.59. The molecule has 0 saturated carbocycles. The van der Waals surface area contributed by atoms with Crippen LogP contribution < -0.4 is 5.32 Å². The highest BCUT2D eigenvalue weighted by Crippen LogP contribution is 2.17. The quantitative estimate of drug-likeness (QED) is 0.815. The zero-order chi connectivity index (χ0) is 11.7. The number of nitrogens with zero attached hydrogens (tertiary/aromatic N) is 1. The lowest BCUT2D eigenvalue weighted by molar-refractivity contribution is 0.147. The Morgan fingerprint density at radius 2 is 2.06 bits per heavy atom. The normalized spacial score (nSPS) is 24.3. The van der Waals surface area contributed by atoms with E-state index in [1.807, 2.05) is 18.2 Å². The van der Waals surface area contributed by atoms with Gasteiger partial charge in [-0.2, -0.15) is 0 Å². The molecule has 0 spiro atoms. The monoisotopic (exact) mass is 228 g/mol. The number of hydrogen-bond acceptors (Lipinski definition) is 3. The summed E-state index contributed by atoms with van der Waals surface area (Å²) in [7, 11) is 0. The van der Waals surface area contributed by atoms with Crippen molar-refractivity contribution < 1.29 is 5.11 Å². The molecule has 2 heterocycles. The molecule has 0 radical (unpaired) electrons. The Labute approximate surface area is 100 Å². The van der Waals surface area contributed by atoms with Crippen LogP contribution >= 0.6 is 0 Å². The van der Waals surface area contributed by atoms with Gasteiger partial charge in [0.05, 0.1) is 11.6 Å². The highest BCUT2D eigenvalue weighted by atomic mass is 16.3. The highest BCUT2D eigenvalue weighted by molar-refractivity contribution is 5.78. The van der Waals surface area contributed by atoms with Crippen LogP contribution in [0.25, 0.3) is 10.9 Å². The predicted molar refractivity (Wildman–Crippen MR) is 67.8 cm³/mol. The molecular weight excluding hydrogens is 212 g/mol. The summed E-state index contributed by atoms with van der Waals surface area (Å²) < 4.78 is 0. The lowest BCUT2D eigenvalue weighted by Gasteiger charge is -2.12. The first-order chi connectivity index (χ1) is 8.33. The molecule has 0 amide bonds. The van der Waals surface area contributed by atoms with E-state index in [1.165, 1.54) is 5.39 Å². The van der Waals surface area contributed by atoms with Crippen molar-refractivity contribution >= 4 is 10.9 Å². The second-order valence-electron chi connectivity index (χ2n) is 4.69. The van der Waals surface area contributed by atoms with Crippen molar-refractivity contribution in [1.29, 1.82) is 0 Å². The van der Waals surface area contributed by atoms with Crippen LogP contribution in [-0.4, -0.2) is 29.3 Å². The van der Waals surface area contributed by atoms with E-state index in [4.69, 9.17) is 0 Å². The standard InChI is InChI=1S/C14H16N2O/c17-14-9-15-8-11(14)7-12-6-5-10-3-1-2-4-13(10)16-12/h1-6,11,14-15,17H,7-9H2/t11-,14-/m1/s1. The van der Waals surface area contributed by atoms with Crippen LogP contribution in [0.1, 0.15) is 5.69 Å². The van der Waals surface area contributed by atoms with E-state index in [1.54, 1.807) is 0 Å². The Morgan fingerprint density at radius 1 is 1.18 bits per heavy atom. The number of rotatable bonds is 2. The summed E-state index contributed by atoms with van der Waals surface area (Å²) in [5.41, 5.74) is 2.10. The van der Waals surface area contributed by atoms with E-state index in [9.17, 15) is 5.11 Å². The van der Waals surface area contributed by atoms with Gasteiger partial charge in [0, 0.05) is 30.1 Å². The molecule has 1 aliphatic heterocycles. The largest absolute Gasteiger partial charge is 0.391 e. The minimum Gasteiger partial charge on any atom is -0.391 e. The van der Waals surface area contributed by atoms with Crippen molar-refractivity contribution in [2.75, 3.05) is 13.1 Å². The molecule has 0 unspecified atom stereocenters. The van der Waals surface area contributed by atoms with Crippen LogP contribution in [0.3, 0.4) is 0 Å². The maximum absolute atomic E-state index is 9.77. The second-order valence-corrected chi connectivity index (χ2v) is 4.69. The topological polar surface area (TPSA) is 45.1 Å². The van der Waals surface area contributed by atoms with Crippen molar-refractivity contribution in [1.82, 2.24) is 10.3 Å². The molecule has 2 N–H and O–H groups in total. The van der Waals surface area contributed by atoms with Crippen LogP contribution in [0, 0.1) is 5.92 Å². The summed E-state index contributed by atoms with van der Waals surface area (Å²) in [5, 5.41) is 14.1. The van der Waals surface area contributed by atoms with Crippen molar-refractivity contribution in [3.63, 3.8) is 0 Å². The Kier molecular flexibility index (Phi) is 2.79. The van der Waals surface area contributed by atoms with Gasteiger partial charge < -0.3 is 10.4 Å². The number of β-amino-alcohol motifs (C(OH)–C–C–N with tert-alkyl or cyclic N) is 1. The van der Waals surface area contributed by atoms with Gasteiger partial charge in [0.1, 0.15) is 0 Å². The van der Waals surface area contributed by atoms with Gasteiger partial charge in [0.15, 0.2) is 0 Å². The maximum atomic E-state index is 9.77. The van der Waals surface area contributed by atoms with Crippen molar-refractivity contribution in [2.45, 2.75) is 12.5 Å². The van der Waals surface area contributed by atoms with Crippen LogP contribution in [0.2, 0.25) is 0 Å². The summed E-state index contributed by atoms with van der Waals surface area (Å²) in [5.74, 6) is 0.295. The fourth-order valence-corrected chi connectivity index (χ4v) is 2.42. The molecule has 3 rings (SSSR count). The number of aromatic nitrogens is 1. The van der Waals surface area contributed by atoms with E-state index in [2.05, 4.69) is 28.5 Å². The number of benzene rings is 1. The zero-order valence-corrected chi connectivity index (χ0v) is 9.63. The minimum absolute atomic E-state index is 0.233. The van der Waals surface area contributed by atoms with E-state index >= 15 is 0 Å². The summed E-state index contributed by atoms with van der Waals surface area (Å²) >= 11 is 0. The summed E-state index contributed by atoms with van der Waals surface area (Å²) in [6.07, 6.45) is 0.613. The number of aliphatic hydroxyl groups is 1. The molecule has 1 aromatic heterocycles. The molecule has 88 valence electrons. The Balaban J connectivity index is 1.85. The molecule has 17 heavy (non-hydrogen) atoms. The van der Waals surface area contributed by atoms with Gasteiger partial charge in [-0.3, -0.25) is 4.98 Å². The molecule has 2 atom stereocenters. The average molecular weight is 228 g/mol. The van der Waals surface area contributed by atoms with Gasteiger partial charge in [0.2, 0.25) is 0 Å². The fourth-order valence-electron chi connectivity index (χ4n) is 2.42. The number of nitrogens with one attached hydrogen (secondary N) is 1. The van der Waals surface area contributed by atoms with Gasteiger partial charge in [-0.05, 0) is 18.6 Å². The molecule has 1 aromatic carbocycles. The van der Waals surface area contributed by atoms with Crippen molar-refractivity contribution in [3.8, 4) is 0 Å². The lowest BCUT2D eigenvalue weighted by Crippen LogP contribution is -2.20. The third-order valence-electron chi connectivity index (χ3n) is 3.43. The molecule has 3 nitrogen and oxygen atoms in total. The summed E-state index contributed by atoms with van der Waals surface area (Å²) in [6, 6.07) is 12.3. The third-order valence-corrected chi connectivity index (χ3v) is 3.43. The number of fused-ring (bicyclic) bond motifs is 1. The maximum Gasteiger partial charge on any atom is 0.0708 e. The molecule has 1 fully saturated rings. The zero-order valence-electron chi connectivity index (χ0n) is 9.63. The Morgan fingerprint density at radius 3 is 2.88 bits per heavy atom. The number of aliphatic hydroxyl groups excluding tert-OH is 1. The van der Waals surface area contributed by atoms with Crippen molar-refractivity contribution in [2.24, 2.45) is 5.92 Å². The molecule has 2 aromatic rings. The van der Waals surface area contributed by atoms with Crippen LogP contribution in [0.4, 0.5) is 0 Å². The first-order valence-corrected chi connectivity index (χ1v) is 6.06. The predicted octanol–water partition coefficient (Wildman–Crippen LogP) is 1.36. The highest BCUT2D eigenvalue weighted by Gasteiger charge is 2.25. The van der Waals surface area contributed by atoms with Crippen LogP contribution in [0.15, 0.2) is 36.4 Å². The second kappa shape index (κ2) is 4.43. The molecule has 3 heteroatoms. The van der Waals surface area contributed by atoms with Gasteiger partial charge in [-0.1, -0.05) is 24.3 Å². The average Bonchev–Trinajstić information content (AvgIpc) is 2.75. The number of hydrogen-bond donors (Lipinski definition) is 2. The smallest absolute Gasteiger partial charge is 0.0708 e. The number of para-hydroxylation sites is 1. The van der Waals surface area contributed by atoms with Gasteiger partial charge in [0.25, 0.3) is 0 Å². The Bertz CT molecular complexity index is 526. The third kappa shape index (κ3) is 2.16. The van der Waals surface area contributed by atoms with E-state index in [0.717, 1.165) is 24.2 Å². The van der Waals surface area contributed by atoms with E-state index in [-0.39, 0.29) is 6.10 Å². The van der Waals surface area contributed by atoms with Crippen molar-refractivity contribution in [3.05, 3.63) is 42.1 Å². The van der Waals surface area contributed by atoms with Gasteiger partial charge in [-0.25, -0.2) is 0 Å². The summed E-state index contributed by atoms with van der Waals surface area (Å²) in [4.78, 5) is 4.63. The first kappa shape index (κ1) is 10.7. The van der Waals surface area contributed by atoms with E-state index in [0.29, 0.717) is 12.5 Å². The fraction of sp³-hybridized carbons (Fsp3) is 0.357. The van der Waals surface area contributed by atoms with E-state index < -0.39 is 0 Å². The van der Waals surface area contributed by atoms with Crippen LogP contribution in [-0.2, 0) is 6.42 Å². The first-order valence-electron chi connectivity index (χ1n) is 6.06. The molecule has 1 aliphatic rings. The molecule has 1 saturated heterocycles. The van der Waals surface area contributed by atoms with Gasteiger partial charge in [-0.15, -0.1) is 0 Å². The Hall–Kier alpha value is -1.45. The van der Waals surface area contributed by atoms with Gasteiger partial charge >= 0.3 is 0 Å². The number of pyridine rings is 1.